The van der Waals surface area contributed by atoms with Gasteiger partial charge in [-0.2, -0.15) is 0 Å². The highest BCUT2D eigenvalue weighted by molar-refractivity contribution is 5.24. The Hall–Kier alpha value is -1.14. The fraction of sp³-hybridized carbons (Fsp3) is 0.867. The molecule has 6 heteroatoms. The van der Waals surface area contributed by atoms with Crippen LogP contribution >= 0.6 is 0 Å². The van der Waals surface area contributed by atoms with Gasteiger partial charge in [-0.1, -0.05) is 25.9 Å². The summed E-state index contributed by atoms with van der Waals surface area (Å²) in [7, 11) is 1.69. The summed E-state index contributed by atoms with van der Waals surface area (Å²) >= 11 is 0. The molecule has 0 aliphatic carbocycles. The SMILES string of the molecule is COCCNCc1nnc(N2CCC(C(C)(C)C)CC2)o1. The Morgan fingerprint density at radius 1 is 1.29 bits per heavy atom. The number of hydrogen-bond acceptors (Lipinski definition) is 6. The van der Waals surface area contributed by atoms with Crippen LogP contribution in [0.25, 0.3) is 0 Å². The number of hydrogen-bond donors (Lipinski definition) is 1. The van der Waals surface area contributed by atoms with Gasteiger partial charge in [0, 0.05) is 26.7 Å². The van der Waals surface area contributed by atoms with Gasteiger partial charge in [-0.3, -0.25) is 0 Å². The van der Waals surface area contributed by atoms with Crippen LogP contribution in [-0.2, 0) is 11.3 Å². The van der Waals surface area contributed by atoms with Crippen molar-refractivity contribution < 1.29 is 9.15 Å². The van der Waals surface area contributed by atoms with E-state index >= 15 is 0 Å². The lowest BCUT2D eigenvalue weighted by molar-refractivity contribution is 0.195. The summed E-state index contributed by atoms with van der Waals surface area (Å²) in [6, 6.07) is 0.658. The van der Waals surface area contributed by atoms with Crippen molar-refractivity contribution in [2.24, 2.45) is 11.3 Å². The van der Waals surface area contributed by atoms with Crippen molar-refractivity contribution in [2.45, 2.75) is 40.2 Å². The third-order valence-electron chi connectivity index (χ3n) is 4.21. The molecule has 2 rings (SSSR count). The van der Waals surface area contributed by atoms with Gasteiger partial charge in [-0.25, -0.2) is 0 Å². The summed E-state index contributed by atoms with van der Waals surface area (Å²) < 4.78 is 10.7. The number of piperidine rings is 1. The zero-order chi connectivity index (χ0) is 15.3. The molecular weight excluding hydrogens is 268 g/mol. The standard InChI is InChI=1S/C15H28N4O2/c1-15(2,3)12-5-8-19(9-6-12)14-18-17-13(21-14)11-16-7-10-20-4/h12,16H,5-11H2,1-4H3. The Bertz CT molecular complexity index is 420. The van der Waals surface area contributed by atoms with Crippen LogP contribution in [0.2, 0.25) is 0 Å². The summed E-state index contributed by atoms with van der Waals surface area (Å²) in [5.74, 6) is 1.41. The lowest BCUT2D eigenvalue weighted by atomic mass is 9.75. The molecule has 0 bridgehead atoms. The molecule has 1 aromatic heterocycles. The minimum atomic E-state index is 0.386. The molecule has 1 fully saturated rings. The molecule has 2 heterocycles. The molecule has 1 aliphatic rings. The van der Waals surface area contributed by atoms with Crippen molar-refractivity contribution in [3.63, 3.8) is 0 Å². The van der Waals surface area contributed by atoms with Crippen LogP contribution in [0.15, 0.2) is 4.42 Å². The number of rotatable bonds is 6. The summed E-state index contributed by atoms with van der Waals surface area (Å²) in [4.78, 5) is 2.20. The largest absolute Gasteiger partial charge is 0.407 e. The fourth-order valence-corrected chi connectivity index (χ4v) is 2.75. The minimum absolute atomic E-state index is 0.386. The lowest BCUT2D eigenvalue weighted by Crippen LogP contribution is -2.38. The molecule has 1 N–H and O–H groups in total. The lowest BCUT2D eigenvalue weighted by Gasteiger charge is -2.38. The second-order valence-electron chi connectivity index (χ2n) is 6.78. The monoisotopic (exact) mass is 296 g/mol. The Morgan fingerprint density at radius 2 is 2.00 bits per heavy atom. The fourth-order valence-electron chi connectivity index (χ4n) is 2.75. The molecule has 0 amide bonds. The van der Waals surface area contributed by atoms with Crippen molar-refractivity contribution in [1.82, 2.24) is 15.5 Å². The van der Waals surface area contributed by atoms with E-state index in [1.165, 1.54) is 12.8 Å². The molecule has 0 radical (unpaired) electrons. The van der Waals surface area contributed by atoms with Gasteiger partial charge < -0.3 is 19.4 Å². The molecule has 0 saturated carbocycles. The number of anilines is 1. The Labute approximate surface area is 127 Å². The Balaban J connectivity index is 1.80. The molecule has 21 heavy (non-hydrogen) atoms. The average Bonchev–Trinajstić information content (AvgIpc) is 2.92. The van der Waals surface area contributed by atoms with Crippen LogP contribution in [0.3, 0.4) is 0 Å². The summed E-state index contributed by atoms with van der Waals surface area (Å²) in [6.45, 7) is 11.0. The van der Waals surface area contributed by atoms with Gasteiger partial charge in [0.15, 0.2) is 0 Å². The summed E-state index contributed by atoms with van der Waals surface area (Å²) in [5, 5.41) is 11.5. The van der Waals surface area contributed by atoms with Crippen molar-refractivity contribution in [3.05, 3.63) is 5.89 Å². The van der Waals surface area contributed by atoms with Gasteiger partial charge in [0.05, 0.1) is 13.2 Å². The van der Waals surface area contributed by atoms with E-state index in [2.05, 4.69) is 41.2 Å². The zero-order valence-corrected chi connectivity index (χ0v) is 13.7. The van der Waals surface area contributed by atoms with E-state index in [0.29, 0.717) is 30.5 Å². The molecule has 120 valence electrons. The molecule has 1 aromatic rings. The van der Waals surface area contributed by atoms with E-state index in [1.54, 1.807) is 7.11 Å². The zero-order valence-electron chi connectivity index (χ0n) is 13.7. The average molecular weight is 296 g/mol. The van der Waals surface area contributed by atoms with Gasteiger partial charge in [0.1, 0.15) is 0 Å². The first-order chi connectivity index (χ1) is 10.0. The van der Waals surface area contributed by atoms with Crippen LogP contribution in [0.4, 0.5) is 6.01 Å². The van der Waals surface area contributed by atoms with Crippen LogP contribution in [0.5, 0.6) is 0 Å². The molecule has 0 atom stereocenters. The first-order valence-electron chi connectivity index (χ1n) is 7.77. The van der Waals surface area contributed by atoms with Crippen LogP contribution in [0, 0.1) is 11.3 Å². The third-order valence-corrected chi connectivity index (χ3v) is 4.21. The van der Waals surface area contributed by atoms with Gasteiger partial charge in [0.25, 0.3) is 0 Å². The van der Waals surface area contributed by atoms with Crippen LogP contribution in [0.1, 0.15) is 39.5 Å². The van der Waals surface area contributed by atoms with E-state index in [1.807, 2.05) is 0 Å². The number of nitrogens with zero attached hydrogens (tertiary/aromatic N) is 3. The number of ether oxygens (including phenoxy) is 1. The number of methoxy groups -OCH3 is 1. The summed E-state index contributed by atoms with van der Waals surface area (Å²) in [6.07, 6.45) is 2.38. The summed E-state index contributed by atoms with van der Waals surface area (Å²) in [5.41, 5.74) is 0.386. The second-order valence-corrected chi connectivity index (χ2v) is 6.78. The number of nitrogens with one attached hydrogen (secondary N) is 1. The maximum atomic E-state index is 5.72. The van der Waals surface area contributed by atoms with Crippen molar-refractivity contribution in [2.75, 3.05) is 38.3 Å². The quantitative estimate of drug-likeness (QED) is 0.811. The first-order valence-corrected chi connectivity index (χ1v) is 7.77. The van der Waals surface area contributed by atoms with Crippen molar-refractivity contribution in [1.29, 1.82) is 0 Å². The highest BCUT2D eigenvalue weighted by Gasteiger charge is 2.30. The normalized spacial score (nSPS) is 17.4. The predicted molar refractivity (Wildman–Crippen MR) is 82.3 cm³/mol. The first kappa shape index (κ1) is 16.2. The van der Waals surface area contributed by atoms with Crippen molar-refractivity contribution >= 4 is 6.01 Å². The van der Waals surface area contributed by atoms with Crippen LogP contribution in [-0.4, -0.2) is 43.5 Å². The maximum Gasteiger partial charge on any atom is 0.318 e. The smallest absolute Gasteiger partial charge is 0.318 e. The highest BCUT2D eigenvalue weighted by atomic mass is 16.5. The second kappa shape index (κ2) is 7.22. The Kier molecular flexibility index (Phi) is 5.58. The molecule has 1 aliphatic heterocycles. The minimum Gasteiger partial charge on any atom is -0.407 e. The van der Waals surface area contributed by atoms with Crippen LogP contribution < -0.4 is 10.2 Å². The van der Waals surface area contributed by atoms with Gasteiger partial charge in [0.2, 0.25) is 5.89 Å². The van der Waals surface area contributed by atoms with Gasteiger partial charge >= 0.3 is 6.01 Å². The van der Waals surface area contributed by atoms with E-state index in [4.69, 9.17) is 9.15 Å². The topological polar surface area (TPSA) is 63.4 Å². The third kappa shape index (κ3) is 4.68. The molecule has 6 nitrogen and oxygen atoms in total. The van der Waals surface area contributed by atoms with Gasteiger partial charge in [-0.15, -0.1) is 5.10 Å². The van der Waals surface area contributed by atoms with E-state index < -0.39 is 0 Å². The maximum absolute atomic E-state index is 5.72. The Morgan fingerprint density at radius 3 is 2.62 bits per heavy atom. The highest BCUT2D eigenvalue weighted by Crippen LogP contribution is 2.35. The van der Waals surface area contributed by atoms with E-state index in [0.717, 1.165) is 25.6 Å². The predicted octanol–water partition coefficient (Wildman–Crippen LogP) is 2.07. The molecule has 0 unspecified atom stereocenters. The van der Waals surface area contributed by atoms with E-state index in [-0.39, 0.29) is 0 Å². The molecule has 1 saturated heterocycles. The molecule has 0 spiro atoms. The molecular formula is C15H28N4O2. The van der Waals surface area contributed by atoms with E-state index in [9.17, 15) is 0 Å². The van der Waals surface area contributed by atoms with Gasteiger partial charge in [-0.05, 0) is 24.2 Å². The van der Waals surface area contributed by atoms with Crippen molar-refractivity contribution in [3.8, 4) is 0 Å². The number of aromatic nitrogens is 2. The molecule has 0 aromatic carbocycles.